The van der Waals surface area contributed by atoms with E-state index in [4.69, 9.17) is 5.11 Å². The summed E-state index contributed by atoms with van der Waals surface area (Å²) < 4.78 is 0. The molecule has 0 spiro atoms. The van der Waals surface area contributed by atoms with Gasteiger partial charge in [0.1, 0.15) is 0 Å². The van der Waals surface area contributed by atoms with E-state index in [2.05, 4.69) is 23.5 Å². The van der Waals surface area contributed by atoms with Gasteiger partial charge in [-0.05, 0) is 37.1 Å². The fourth-order valence-corrected chi connectivity index (χ4v) is 2.54. The molecule has 0 unspecified atom stereocenters. The van der Waals surface area contributed by atoms with Crippen LogP contribution in [-0.2, 0) is 11.2 Å². The Morgan fingerprint density at radius 2 is 2.11 bits per heavy atom. The standard InChI is InChI=1S/C15H23NO2S/c1-12-4-5-13(2)14(10-12)11-15(18)16-6-9-19-8-3-7-17/h4-5,10,17H,3,6-9,11H2,1-2H3,(H,16,18). The molecule has 0 aromatic heterocycles. The van der Waals surface area contributed by atoms with Gasteiger partial charge in [0.25, 0.3) is 0 Å². The molecule has 2 N–H and O–H groups in total. The number of hydrogen-bond donors (Lipinski definition) is 2. The minimum Gasteiger partial charge on any atom is -0.396 e. The van der Waals surface area contributed by atoms with E-state index in [1.54, 1.807) is 11.8 Å². The summed E-state index contributed by atoms with van der Waals surface area (Å²) in [4.78, 5) is 11.8. The van der Waals surface area contributed by atoms with Crippen LogP contribution < -0.4 is 5.32 Å². The van der Waals surface area contributed by atoms with Gasteiger partial charge in [0.2, 0.25) is 5.91 Å². The lowest BCUT2D eigenvalue weighted by molar-refractivity contribution is -0.120. The Labute approximate surface area is 119 Å². The number of aliphatic hydroxyl groups excluding tert-OH is 1. The van der Waals surface area contributed by atoms with Crippen LogP contribution in [0.15, 0.2) is 18.2 Å². The predicted molar refractivity (Wildman–Crippen MR) is 81.7 cm³/mol. The van der Waals surface area contributed by atoms with Crippen molar-refractivity contribution in [2.45, 2.75) is 26.7 Å². The average Bonchev–Trinajstić information content (AvgIpc) is 2.38. The summed E-state index contributed by atoms with van der Waals surface area (Å²) in [6.07, 6.45) is 1.27. The van der Waals surface area contributed by atoms with Crippen molar-refractivity contribution in [2.75, 3.05) is 24.7 Å². The molecule has 0 heterocycles. The number of carbonyl (C=O) groups excluding carboxylic acids is 1. The molecule has 4 heteroatoms. The molecule has 3 nitrogen and oxygen atoms in total. The highest BCUT2D eigenvalue weighted by molar-refractivity contribution is 7.99. The van der Waals surface area contributed by atoms with Gasteiger partial charge < -0.3 is 10.4 Å². The van der Waals surface area contributed by atoms with E-state index in [1.807, 2.05) is 13.8 Å². The van der Waals surface area contributed by atoms with Gasteiger partial charge in [0.05, 0.1) is 6.42 Å². The Morgan fingerprint density at radius 3 is 2.84 bits per heavy atom. The third-order valence-electron chi connectivity index (χ3n) is 2.87. The summed E-state index contributed by atoms with van der Waals surface area (Å²) in [6, 6.07) is 6.20. The van der Waals surface area contributed by atoms with E-state index in [0.717, 1.165) is 29.1 Å². The largest absolute Gasteiger partial charge is 0.396 e. The zero-order valence-electron chi connectivity index (χ0n) is 11.7. The summed E-state index contributed by atoms with van der Waals surface area (Å²) in [5.41, 5.74) is 3.46. The van der Waals surface area contributed by atoms with Crippen LogP contribution in [0.4, 0.5) is 0 Å². The van der Waals surface area contributed by atoms with Crippen LogP contribution in [-0.4, -0.2) is 35.7 Å². The zero-order valence-corrected chi connectivity index (χ0v) is 12.6. The fraction of sp³-hybridized carbons (Fsp3) is 0.533. The van der Waals surface area contributed by atoms with Gasteiger partial charge in [-0.3, -0.25) is 4.79 Å². The number of thioether (sulfide) groups is 1. The second-order valence-electron chi connectivity index (χ2n) is 4.65. The van der Waals surface area contributed by atoms with Crippen LogP contribution in [0, 0.1) is 13.8 Å². The van der Waals surface area contributed by atoms with Crippen molar-refractivity contribution in [3.63, 3.8) is 0 Å². The lowest BCUT2D eigenvalue weighted by atomic mass is 10.0. The molecule has 0 saturated carbocycles. The van der Waals surface area contributed by atoms with Crippen LogP contribution in [0.5, 0.6) is 0 Å². The number of amides is 1. The first-order valence-corrected chi connectivity index (χ1v) is 7.80. The van der Waals surface area contributed by atoms with E-state index in [1.165, 1.54) is 5.56 Å². The van der Waals surface area contributed by atoms with Crippen molar-refractivity contribution in [3.05, 3.63) is 34.9 Å². The normalized spacial score (nSPS) is 10.5. The molecule has 0 aliphatic rings. The molecule has 1 rings (SSSR count). The number of aryl methyl sites for hydroxylation is 2. The summed E-state index contributed by atoms with van der Waals surface area (Å²) in [6.45, 7) is 5.01. The van der Waals surface area contributed by atoms with Gasteiger partial charge in [-0.15, -0.1) is 0 Å². The molecule has 0 radical (unpaired) electrons. The number of hydrogen-bond acceptors (Lipinski definition) is 3. The first-order valence-electron chi connectivity index (χ1n) is 6.65. The second kappa shape index (κ2) is 8.99. The molecule has 0 aliphatic carbocycles. The van der Waals surface area contributed by atoms with E-state index in [-0.39, 0.29) is 12.5 Å². The van der Waals surface area contributed by atoms with Crippen LogP contribution in [0.1, 0.15) is 23.1 Å². The second-order valence-corrected chi connectivity index (χ2v) is 5.87. The highest BCUT2D eigenvalue weighted by atomic mass is 32.2. The molecule has 0 bridgehead atoms. The van der Waals surface area contributed by atoms with Gasteiger partial charge in [-0.1, -0.05) is 23.8 Å². The summed E-state index contributed by atoms with van der Waals surface area (Å²) in [7, 11) is 0. The Morgan fingerprint density at radius 1 is 1.32 bits per heavy atom. The highest BCUT2D eigenvalue weighted by Crippen LogP contribution is 2.11. The maximum absolute atomic E-state index is 11.8. The van der Waals surface area contributed by atoms with Gasteiger partial charge in [-0.2, -0.15) is 11.8 Å². The highest BCUT2D eigenvalue weighted by Gasteiger charge is 2.05. The molecular formula is C15H23NO2S. The lowest BCUT2D eigenvalue weighted by Crippen LogP contribution is -2.27. The molecule has 1 amide bonds. The number of aliphatic hydroxyl groups is 1. The molecule has 106 valence electrons. The molecular weight excluding hydrogens is 258 g/mol. The summed E-state index contributed by atoms with van der Waals surface area (Å²) in [5.74, 6) is 1.93. The average molecular weight is 281 g/mol. The van der Waals surface area contributed by atoms with Crippen LogP contribution in [0.3, 0.4) is 0 Å². The zero-order chi connectivity index (χ0) is 14.1. The molecule has 1 aromatic rings. The Kier molecular flexibility index (Phi) is 7.60. The minimum atomic E-state index is 0.0801. The monoisotopic (exact) mass is 281 g/mol. The minimum absolute atomic E-state index is 0.0801. The topological polar surface area (TPSA) is 49.3 Å². The van der Waals surface area contributed by atoms with E-state index in [9.17, 15) is 4.79 Å². The maximum atomic E-state index is 11.8. The lowest BCUT2D eigenvalue weighted by Gasteiger charge is -2.08. The molecule has 0 saturated heterocycles. The number of carbonyl (C=O) groups is 1. The first kappa shape index (κ1) is 16.1. The Hall–Kier alpha value is -1.00. The van der Waals surface area contributed by atoms with Gasteiger partial charge in [-0.25, -0.2) is 0 Å². The van der Waals surface area contributed by atoms with Gasteiger partial charge >= 0.3 is 0 Å². The fourth-order valence-electron chi connectivity index (χ4n) is 1.76. The van der Waals surface area contributed by atoms with Crippen molar-refractivity contribution in [1.29, 1.82) is 0 Å². The van der Waals surface area contributed by atoms with E-state index >= 15 is 0 Å². The van der Waals surface area contributed by atoms with Crippen LogP contribution >= 0.6 is 11.8 Å². The predicted octanol–water partition coefficient (Wildman–Crippen LogP) is 2.08. The van der Waals surface area contributed by atoms with Crippen molar-refractivity contribution in [1.82, 2.24) is 5.32 Å². The molecule has 0 atom stereocenters. The van der Waals surface area contributed by atoms with Crippen molar-refractivity contribution >= 4 is 17.7 Å². The van der Waals surface area contributed by atoms with Crippen molar-refractivity contribution in [2.24, 2.45) is 0 Å². The van der Waals surface area contributed by atoms with Crippen molar-refractivity contribution in [3.8, 4) is 0 Å². The molecule has 1 aromatic carbocycles. The summed E-state index contributed by atoms with van der Waals surface area (Å²) >= 11 is 1.76. The number of rotatable bonds is 8. The van der Waals surface area contributed by atoms with Crippen LogP contribution in [0.25, 0.3) is 0 Å². The number of nitrogens with one attached hydrogen (secondary N) is 1. The van der Waals surface area contributed by atoms with Gasteiger partial charge in [0.15, 0.2) is 0 Å². The maximum Gasteiger partial charge on any atom is 0.224 e. The van der Waals surface area contributed by atoms with E-state index in [0.29, 0.717) is 13.0 Å². The van der Waals surface area contributed by atoms with Gasteiger partial charge in [0, 0.05) is 18.9 Å². The number of benzene rings is 1. The molecule has 0 fully saturated rings. The van der Waals surface area contributed by atoms with Crippen molar-refractivity contribution < 1.29 is 9.90 Å². The third kappa shape index (κ3) is 6.64. The Balaban J connectivity index is 2.25. The quantitative estimate of drug-likeness (QED) is 0.717. The summed E-state index contributed by atoms with van der Waals surface area (Å²) in [5, 5.41) is 11.6. The molecule has 0 aliphatic heterocycles. The van der Waals surface area contributed by atoms with E-state index < -0.39 is 0 Å². The third-order valence-corrected chi connectivity index (χ3v) is 3.94. The SMILES string of the molecule is Cc1ccc(C)c(CC(=O)NCCSCCCO)c1. The smallest absolute Gasteiger partial charge is 0.224 e. The first-order chi connectivity index (χ1) is 9.13. The Bertz CT molecular complexity index is 407. The molecule has 19 heavy (non-hydrogen) atoms. The van der Waals surface area contributed by atoms with Crippen LogP contribution in [0.2, 0.25) is 0 Å².